The third-order valence-corrected chi connectivity index (χ3v) is 6.08. The summed E-state index contributed by atoms with van der Waals surface area (Å²) in [6.07, 6.45) is 2.70. The number of thiazole rings is 1. The first-order valence-electron chi connectivity index (χ1n) is 9.41. The van der Waals surface area contributed by atoms with E-state index < -0.39 is 0 Å². The van der Waals surface area contributed by atoms with Gasteiger partial charge in [-0.15, -0.1) is 12.4 Å². The van der Waals surface area contributed by atoms with Crippen molar-refractivity contribution in [2.75, 3.05) is 32.1 Å². The van der Waals surface area contributed by atoms with Crippen molar-refractivity contribution in [3.05, 3.63) is 59.0 Å². The molecule has 0 aliphatic heterocycles. The molecule has 4 aromatic rings. The van der Waals surface area contributed by atoms with Gasteiger partial charge in [-0.25, -0.2) is 9.97 Å². The van der Waals surface area contributed by atoms with Crippen LogP contribution in [-0.4, -0.2) is 52.4 Å². The summed E-state index contributed by atoms with van der Waals surface area (Å²) in [4.78, 5) is 26.8. The van der Waals surface area contributed by atoms with E-state index >= 15 is 0 Å². The number of halogens is 2. The second kappa shape index (κ2) is 9.31. The minimum atomic E-state index is -0.102. The van der Waals surface area contributed by atoms with Crippen molar-refractivity contribution in [1.29, 1.82) is 0 Å². The Bertz CT molecular complexity index is 1190. The van der Waals surface area contributed by atoms with Crippen molar-refractivity contribution in [3.63, 3.8) is 0 Å². The molecule has 3 heterocycles. The number of nitrogens with zero attached hydrogens (tertiary/aromatic N) is 5. The first kappa shape index (κ1) is 22.5. The van der Waals surface area contributed by atoms with Crippen LogP contribution in [0.5, 0.6) is 0 Å². The first-order valence-corrected chi connectivity index (χ1v) is 10.6. The van der Waals surface area contributed by atoms with E-state index in [1.807, 2.05) is 68.0 Å². The average molecular weight is 464 g/mol. The highest BCUT2D eigenvalue weighted by atomic mass is 35.5. The lowest BCUT2D eigenvalue weighted by Crippen LogP contribution is -2.34. The molecule has 0 radical (unpaired) electrons. The number of aryl methyl sites for hydroxylation is 1. The van der Waals surface area contributed by atoms with Crippen LogP contribution in [0.4, 0.5) is 5.13 Å². The van der Waals surface area contributed by atoms with Crippen LogP contribution in [0.25, 0.3) is 15.9 Å². The Hall–Kier alpha value is -2.19. The van der Waals surface area contributed by atoms with Crippen LogP contribution in [0.1, 0.15) is 22.6 Å². The average Bonchev–Trinajstić information content (AvgIpc) is 3.25. The molecule has 0 N–H and O–H groups in total. The number of amides is 1. The van der Waals surface area contributed by atoms with E-state index in [2.05, 4.69) is 9.88 Å². The van der Waals surface area contributed by atoms with Crippen molar-refractivity contribution in [1.82, 2.24) is 19.3 Å². The van der Waals surface area contributed by atoms with Gasteiger partial charge in [0, 0.05) is 12.7 Å². The molecule has 0 aliphatic carbocycles. The van der Waals surface area contributed by atoms with E-state index in [4.69, 9.17) is 16.6 Å². The molecule has 0 atom stereocenters. The first-order chi connectivity index (χ1) is 14.0. The summed E-state index contributed by atoms with van der Waals surface area (Å²) in [6, 6.07) is 11.4. The minimum absolute atomic E-state index is 0. The number of anilines is 1. The Morgan fingerprint density at radius 2 is 1.93 bits per heavy atom. The maximum absolute atomic E-state index is 13.7. The molecule has 0 spiro atoms. The summed E-state index contributed by atoms with van der Waals surface area (Å²) >= 11 is 7.80. The van der Waals surface area contributed by atoms with Gasteiger partial charge >= 0.3 is 0 Å². The molecule has 3 aromatic heterocycles. The van der Waals surface area contributed by atoms with Gasteiger partial charge in [-0.1, -0.05) is 35.1 Å². The number of imidazole rings is 1. The Balaban J connectivity index is 0.00000256. The highest BCUT2D eigenvalue weighted by Crippen LogP contribution is 2.33. The van der Waals surface area contributed by atoms with Gasteiger partial charge in [-0.2, -0.15) is 0 Å². The fourth-order valence-corrected chi connectivity index (χ4v) is 4.64. The molecule has 30 heavy (non-hydrogen) atoms. The van der Waals surface area contributed by atoms with Crippen LogP contribution in [-0.2, 0) is 0 Å². The number of rotatable bonds is 6. The second-order valence-corrected chi connectivity index (χ2v) is 8.59. The van der Waals surface area contributed by atoms with Gasteiger partial charge in [-0.3, -0.25) is 14.1 Å². The van der Waals surface area contributed by atoms with Crippen LogP contribution in [0.3, 0.4) is 0 Å². The Kier molecular flexibility index (Phi) is 6.98. The normalized spacial score (nSPS) is 11.2. The molecule has 6 nitrogen and oxygen atoms in total. The summed E-state index contributed by atoms with van der Waals surface area (Å²) in [6.45, 7) is 3.31. The standard InChI is InChI=1S/C21H22ClN5OS.ClH/c1-14-19(26-12-5-4-10-17(26)23-14)20(28)27(13-7-11-25(2)3)21-24-18-15(22)8-6-9-16(18)29-21;/h4-6,8-10,12H,7,11,13H2,1-3H3;1H. The van der Waals surface area contributed by atoms with E-state index in [1.165, 1.54) is 11.3 Å². The van der Waals surface area contributed by atoms with Crippen molar-refractivity contribution in [2.24, 2.45) is 0 Å². The second-order valence-electron chi connectivity index (χ2n) is 7.17. The van der Waals surface area contributed by atoms with E-state index in [0.29, 0.717) is 28.1 Å². The van der Waals surface area contributed by atoms with Crippen molar-refractivity contribution in [2.45, 2.75) is 13.3 Å². The number of para-hydroxylation sites is 1. The lowest BCUT2D eigenvalue weighted by Gasteiger charge is -2.21. The van der Waals surface area contributed by atoms with E-state index in [1.54, 1.807) is 4.90 Å². The largest absolute Gasteiger partial charge is 0.309 e. The molecule has 0 unspecified atom stereocenters. The molecule has 0 saturated heterocycles. The van der Waals surface area contributed by atoms with Crippen molar-refractivity contribution >= 4 is 62.2 Å². The van der Waals surface area contributed by atoms with Gasteiger partial charge in [0.25, 0.3) is 5.91 Å². The molecule has 0 saturated carbocycles. The van der Waals surface area contributed by atoms with Crippen LogP contribution in [0, 0.1) is 6.92 Å². The fraction of sp³-hybridized carbons (Fsp3) is 0.286. The third kappa shape index (κ3) is 4.30. The number of benzene rings is 1. The van der Waals surface area contributed by atoms with Crippen LogP contribution in [0.2, 0.25) is 5.02 Å². The monoisotopic (exact) mass is 463 g/mol. The zero-order valence-corrected chi connectivity index (χ0v) is 19.4. The summed E-state index contributed by atoms with van der Waals surface area (Å²) in [5, 5.41) is 1.25. The number of aromatic nitrogens is 3. The van der Waals surface area contributed by atoms with Crippen LogP contribution >= 0.6 is 35.3 Å². The molecule has 158 valence electrons. The highest BCUT2D eigenvalue weighted by molar-refractivity contribution is 7.22. The number of fused-ring (bicyclic) bond motifs is 2. The van der Waals surface area contributed by atoms with Crippen LogP contribution < -0.4 is 4.90 Å². The summed E-state index contributed by atoms with van der Waals surface area (Å²) in [7, 11) is 4.05. The van der Waals surface area contributed by atoms with E-state index in [-0.39, 0.29) is 18.3 Å². The molecule has 0 aliphatic rings. The minimum Gasteiger partial charge on any atom is -0.309 e. The highest BCUT2D eigenvalue weighted by Gasteiger charge is 2.26. The van der Waals surface area contributed by atoms with Gasteiger partial charge in [0.2, 0.25) is 0 Å². The van der Waals surface area contributed by atoms with Gasteiger partial charge in [0.1, 0.15) is 16.9 Å². The molecular weight excluding hydrogens is 441 g/mol. The zero-order valence-electron chi connectivity index (χ0n) is 17.0. The fourth-order valence-electron chi connectivity index (χ4n) is 3.35. The summed E-state index contributed by atoms with van der Waals surface area (Å²) < 4.78 is 2.81. The van der Waals surface area contributed by atoms with Gasteiger partial charge in [0.05, 0.1) is 15.4 Å². The Labute approximate surface area is 190 Å². The molecule has 1 aromatic carbocycles. The molecule has 0 bridgehead atoms. The van der Waals surface area contributed by atoms with E-state index in [0.717, 1.165) is 28.8 Å². The third-order valence-electron chi connectivity index (χ3n) is 4.73. The molecule has 1 amide bonds. The van der Waals surface area contributed by atoms with Gasteiger partial charge in [-0.05, 0) is 58.3 Å². The lowest BCUT2D eigenvalue weighted by atomic mass is 10.3. The molecule has 4 rings (SSSR count). The zero-order chi connectivity index (χ0) is 20.5. The smallest absolute Gasteiger partial charge is 0.278 e. The molecule has 0 fully saturated rings. The van der Waals surface area contributed by atoms with Gasteiger partial charge in [0.15, 0.2) is 5.13 Å². The number of hydrogen-bond acceptors (Lipinski definition) is 5. The predicted molar refractivity (Wildman–Crippen MR) is 127 cm³/mol. The van der Waals surface area contributed by atoms with Gasteiger partial charge < -0.3 is 4.90 Å². The quantitative estimate of drug-likeness (QED) is 0.406. The molecule has 9 heteroatoms. The maximum atomic E-state index is 13.7. The number of hydrogen-bond donors (Lipinski definition) is 0. The number of pyridine rings is 1. The summed E-state index contributed by atoms with van der Waals surface area (Å²) in [5.41, 5.74) is 2.76. The van der Waals surface area contributed by atoms with E-state index in [9.17, 15) is 4.79 Å². The van der Waals surface area contributed by atoms with Crippen LogP contribution in [0.15, 0.2) is 42.6 Å². The SMILES string of the molecule is Cc1nc2ccccn2c1C(=O)N(CCCN(C)C)c1nc2c(Cl)cccc2s1.Cl. The topological polar surface area (TPSA) is 53.7 Å². The maximum Gasteiger partial charge on any atom is 0.278 e. The Morgan fingerprint density at radius 3 is 2.67 bits per heavy atom. The summed E-state index contributed by atoms with van der Waals surface area (Å²) in [5.74, 6) is -0.102. The van der Waals surface area contributed by atoms with Crippen molar-refractivity contribution < 1.29 is 4.79 Å². The lowest BCUT2D eigenvalue weighted by molar-refractivity contribution is 0.0979. The number of carbonyl (C=O) groups excluding carboxylic acids is 1. The van der Waals surface area contributed by atoms with Crippen molar-refractivity contribution in [3.8, 4) is 0 Å². The predicted octanol–water partition coefficient (Wildman–Crippen LogP) is 4.93. The Morgan fingerprint density at radius 1 is 1.13 bits per heavy atom. The number of carbonyl (C=O) groups is 1. The molecular formula is C21H23Cl2N5OS.